The monoisotopic (exact) mass is 290 g/mol. The fourth-order valence-electron chi connectivity index (χ4n) is 1.27. The number of hydrogen-bond donors (Lipinski definition) is 1. The van der Waals surface area contributed by atoms with Crippen molar-refractivity contribution in [3.8, 4) is 5.75 Å². The Balaban J connectivity index is 2.09. The highest BCUT2D eigenvalue weighted by atomic mass is 32.1. The van der Waals surface area contributed by atoms with E-state index >= 15 is 0 Å². The summed E-state index contributed by atoms with van der Waals surface area (Å²) in [5.74, 6) is 0.111. The fourth-order valence-corrected chi connectivity index (χ4v) is 1.76. The second kappa shape index (κ2) is 6.53. The molecule has 0 aliphatic heterocycles. The largest absolute Gasteiger partial charge is 0.508 e. The van der Waals surface area contributed by atoms with Crippen LogP contribution in [-0.2, 0) is 0 Å². The molecule has 1 aromatic heterocycles. The zero-order valence-corrected chi connectivity index (χ0v) is 11.0. The van der Waals surface area contributed by atoms with E-state index in [1.165, 1.54) is 35.9 Å². The molecule has 102 valence electrons. The minimum absolute atomic E-state index is 0.111. The minimum atomic E-state index is -1.13. The molecule has 1 heterocycles. The van der Waals surface area contributed by atoms with Crippen molar-refractivity contribution in [2.45, 2.75) is 6.04 Å². The minimum Gasteiger partial charge on any atom is -0.508 e. The number of thiazole rings is 1. The molecule has 7 nitrogen and oxygen atoms in total. The van der Waals surface area contributed by atoms with E-state index < -0.39 is 11.0 Å². The Bertz CT molecular complexity index is 623. The molecule has 8 heteroatoms. The summed E-state index contributed by atoms with van der Waals surface area (Å²) >= 11 is 1.29. The molecule has 0 amide bonds. The third-order valence-corrected chi connectivity index (χ3v) is 2.91. The highest BCUT2D eigenvalue weighted by Gasteiger charge is 2.14. The summed E-state index contributed by atoms with van der Waals surface area (Å²) in [6, 6.07) is 4.89. The molecule has 0 saturated carbocycles. The normalized spacial score (nSPS) is 13.0. The smallest absolute Gasteiger partial charge is 0.283 e. The number of benzene rings is 1. The van der Waals surface area contributed by atoms with Gasteiger partial charge in [-0.15, -0.1) is 11.3 Å². The van der Waals surface area contributed by atoms with Crippen LogP contribution < -0.4 is 0 Å². The van der Waals surface area contributed by atoms with Crippen molar-refractivity contribution in [3.63, 3.8) is 0 Å². The Kier molecular flexibility index (Phi) is 4.51. The number of hydrogen-bond acceptors (Lipinski definition) is 7. The van der Waals surface area contributed by atoms with Gasteiger partial charge in [0.15, 0.2) is 0 Å². The van der Waals surface area contributed by atoms with E-state index in [1.807, 2.05) is 0 Å². The molecule has 0 saturated heterocycles. The molecule has 2 aromatic rings. The van der Waals surface area contributed by atoms with Gasteiger partial charge in [0.2, 0.25) is 5.13 Å². The summed E-state index contributed by atoms with van der Waals surface area (Å²) < 4.78 is 0. The topological polar surface area (TPSA) is 101 Å². The number of nitro groups is 1. The molecule has 1 unspecified atom stereocenters. The van der Waals surface area contributed by atoms with E-state index in [4.69, 9.17) is 5.11 Å². The van der Waals surface area contributed by atoms with Gasteiger partial charge in [0.1, 0.15) is 5.75 Å². The van der Waals surface area contributed by atoms with Crippen molar-refractivity contribution >= 4 is 34.6 Å². The lowest BCUT2D eigenvalue weighted by Crippen LogP contribution is -2.22. The van der Waals surface area contributed by atoms with Gasteiger partial charge in [-0.05, 0) is 24.3 Å². The number of rotatable bonds is 5. The third kappa shape index (κ3) is 3.95. The van der Waals surface area contributed by atoms with E-state index in [9.17, 15) is 10.1 Å². The Labute approximate surface area is 118 Å². The molecule has 0 radical (unpaired) electrons. The van der Waals surface area contributed by atoms with E-state index in [-0.39, 0.29) is 5.75 Å². The number of aromatic nitrogens is 1. The maximum absolute atomic E-state index is 10.9. The van der Waals surface area contributed by atoms with Crippen LogP contribution in [0.5, 0.6) is 5.75 Å². The maximum atomic E-state index is 10.9. The van der Waals surface area contributed by atoms with Gasteiger partial charge in [0.05, 0.1) is 18.1 Å². The Morgan fingerprint density at radius 3 is 2.60 bits per heavy atom. The predicted molar refractivity (Wildman–Crippen MR) is 77.3 cm³/mol. The summed E-state index contributed by atoms with van der Waals surface area (Å²) in [6.45, 7) is 0. The standard InChI is InChI=1S/C12H10N4O3S/c17-11-3-1-9(2-4-11)14-7-10(16(18)19)8-15-12-13-5-6-20-12/h1-8,10,17H. The van der Waals surface area contributed by atoms with Crippen molar-refractivity contribution in [2.75, 3.05) is 0 Å². The van der Waals surface area contributed by atoms with Crippen LogP contribution in [0.1, 0.15) is 0 Å². The van der Waals surface area contributed by atoms with Crippen LogP contribution in [0, 0.1) is 10.1 Å². The fraction of sp³-hybridized carbons (Fsp3) is 0.0833. The van der Waals surface area contributed by atoms with E-state index in [0.717, 1.165) is 0 Å². The van der Waals surface area contributed by atoms with Crippen molar-refractivity contribution in [1.82, 2.24) is 4.98 Å². The molecule has 20 heavy (non-hydrogen) atoms. The number of phenolic OH excluding ortho intramolecular Hbond substituents is 1. The Hall–Kier alpha value is -2.61. The van der Waals surface area contributed by atoms with Crippen molar-refractivity contribution < 1.29 is 10.0 Å². The van der Waals surface area contributed by atoms with Gasteiger partial charge in [-0.25, -0.2) is 9.98 Å². The Morgan fingerprint density at radius 1 is 1.30 bits per heavy atom. The second-order valence-electron chi connectivity index (χ2n) is 3.66. The summed E-state index contributed by atoms with van der Waals surface area (Å²) in [6.07, 6.45) is 3.94. The van der Waals surface area contributed by atoms with Gasteiger partial charge in [-0.1, -0.05) is 0 Å². The lowest BCUT2D eigenvalue weighted by atomic mass is 10.3. The van der Waals surface area contributed by atoms with E-state index in [0.29, 0.717) is 10.8 Å². The average Bonchev–Trinajstić information content (AvgIpc) is 2.93. The number of aliphatic imine (C=N–C) groups is 2. The number of aromatic hydroxyl groups is 1. The molecule has 2 rings (SSSR count). The van der Waals surface area contributed by atoms with Crippen molar-refractivity contribution in [1.29, 1.82) is 0 Å². The van der Waals surface area contributed by atoms with Gasteiger partial charge in [-0.2, -0.15) is 0 Å². The molecule has 1 aromatic carbocycles. The molecule has 0 bridgehead atoms. The molecular formula is C12H10N4O3S. The molecule has 0 fully saturated rings. The van der Waals surface area contributed by atoms with Crippen LogP contribution in [0.25, 0.3) is 0 Å². The van der Waals surface area contributed by atoms with E-state index in [1.54, 1.807) is 23.7 Å². The van der Waals surface area contributed by atoms with Gasteiger partial charge >= 0.3 is 0 Å². The molecular weight excluding hydrogens is 280 g/mol. The first-order chi connectivity index (χ1) is 9.65. The van der Waals surface area contributed by atoms with Crippen LogP contribution in [0.4, 0.5) is 10.8 Å². The van der Waals surface area contributed by atoms with Gasteiger partial charge in [0, 0.05) is 16.5 Å². The maximum Gasteiger partial charge on any atom is 0.283 e. The zero-order valence-electron chi connectivity index (χ0n) is 10.2. The lowest BCUT2D eigenvalue weighted by molar-refractivity contribution is -0.482. The van der Waals surface area contributed by atoms with Crippen LogP contribution in [-0.4, -0.2) is 33.5 Å². The summed E-state index contributed by atoms with van der Waals surface area (Å²) in [7, 11) is 0. The van der Waals surface area contributed by atoms with Crippen LogP contribution in [0.3, 0.4) is 0 Å². The highest BCUT2D eigenvalue weighted by molar-refractivity contribution is 7.13. The average molecular weight is 290 g/mol. The van der Waals surface area contributed by atoms with Crippen LogP contribution in [0.2, 0.25) is 0 Å². The van der Waals surface area contributed by atoms with Crippen molar-refractivity contribution in [3.05, 3.63) is 46.0 Å². The van der Waals surface area contributed by atoms with E-state index in [2.05, 4.69) is 15.0 Å². The lowest BCUT2D eigenvalue weighted by Gasteiger charge is -1.97. The SMILES string of the molecule is O=[N+]([O-])C(C=Nc1ccc(O)cc1)C=Nc1nccs1. The van der Waals surface area contributed by atoms with Crippen molar-refractivity contribution in [2.24, 2.45) is 9.98 Å². The predicted octanol–water partition coefficient (Wildman–Crippen LogP) is 2.60. The van der Waals surface area contributed by atoms with Gasteiger partial charge in [-0.3, -0.25) is 15.1 Å². The molecule has 0 aliphatic rings. The van der Waals surface area contributed by atoms with Gasteiger partial charge < -0.3 is 5.11 Å². The zero-order chi connectivity index (χ0) is 14.4. The molecule has 0 aliphatic carbocycles. The molecule has 0 spiro atoms. The first-order valence-electron chi connectivity index (χ1n) is 5.55. The number of phenols is 1. The summed E-state index contributed by atoms with van der Waals surface area (Å²) in [5.41, 5.74) is 0.511. The second-order valence-corrected chi connectivity index (χ2v) is 4.54. The summed E-state index contributed by atoms with van der Waals surface area (Å²) in [5, 5.41) is 22.2. The van der Waals surface area contributed by atoms with Crippen LogP contribution >= 0.6 is 11.3 Å². The molecule has 1 atom stereocenters. The summed E-state index contributed by atoms with van der Waals surface area (Å²) in [4.78, 5) is 22.2. The first kappa shape index (κ1) is 13.8. The highest BCUT2D eigenvalue weighted by Crippen LogP contribution is 2.16. The Morgan fingerprint density at radius 2 is 2.00 bits per heavy atom. The quantitative estimate of drug-likeness (QED) is 0.519. The number of nitrogens with zero attached hydrogens (tertiary/aromatic N) is 4. The first-order valence-corrected chi connectivity index (χ1v) is 6.43. The van der Waals surface area contributed by atoms with Crippen LogP contribution in [0.15, 0.2) is 45.8 Å². The third-order valence-electron chi connectivity index (χ3n) is 2.23. The molecule has 1 N–H and O–H groups in total. The van der Waals surface area contributed by atoms with Gasteiger partial charge in [0.25, 0.3) is 6.04 Å².